The second-order valence-electron chi connectivity index (χ2n) is 4.29. The zero-order chi connectivity index (χ0) is 14.9. The van der Waals surface area contributed by atoms with E-state index in [1.54, 1.807) is 0 Å². The van der Waals surface area contributed by atoms with E-state index in [9.17, 15) is 18.8 Å². The van der Waals surface area contributed by atoms with Gasteiger partial charge in [0.05, 0.1) is 5.69 Å². The Bertz CT molecular complexity index is 593. The van der Waals surface area contributed by atoms with Crippen LogP contribution in [0.15, 0.2) is 18.2 Å². The van der Waals surface area contributed by atoms with Gasteiger partial charge in [-0.3, -0.25) is 14.5 Å². The SMILES string of the molecule is CN1CC(=O)N(CC(=O)Nc2ccc(Cl)cc2F)C1=O. The second-order valence-corrected chi connectivity index (χ2v) is 4.73. The Kier molecular flexibility index (Phi) is 3.89. The Morgan fingerprint density at radius 1 is 1.45 bits per heavy atom. The van der Waals surface area contributed by atoms with Gasteiger partial charge >= 0.3 is 6.03 Å². The number of carbonyl (C=O) groups excluding carboxylic acids is 3. The number of benzene rings is 1. The van der Waals surface area contributed by atoms with Gasteiger partial charge < -0.3 is 10.2 Å². The van der Waals surface area contributed by atoms with Gasteiger partial charge in [0.2, 0.25) is 5.91 Å². The first-order chi connectivity index (χ1) is 9.38. The summed E-state index contributed by atoms with van der Waals surface area (Å²) in [5, 5.41) is 2.48. The average Bonchev–Trinajstić information content (AvgIpc) is 2.60. The Morgan fingerprint density at radius 2 is 2.15 bits per heavy atom. The van der Waals surface area contributed by atoms with E-state index in [0.717, 1.165) is 11.0 Å². The third-order valence-electron chi connectivity index (χ3n) is 2.74. The smallest absolute Gasteiger partial charge is 0.322 e. The molecule has 2 rings (SSSR count). The number of imide groups is 1. The number of likely N-dealkylation sites (N-methyl/N-ethyl adjacent to an activating group) is 1. The van der Waals surface area contributed by atoms with Crippen molar-refractivity contribution in [3.63, 3.8) is 0 Å². The minimum absolute atomic E-state index is 0.0631. The van der Waals surface area contributed by atoms with Crippen molar-refractivity contribution in [1.29, 1.82) is 0 Å². The van der Waals surface area contributed by atoms with Gasteiger partial charge in [0.1, 0.15) is 18.9 Å². The van der Waals surface area contributed by atoms with Gasteiger partial charge in [0.15, 0.2) is 0 Å². The number of urea groups is 1. The number of rotatable bonds is 3. The lowest BCUT2D eigenvalue weighted by atomic mass is 10.3. The van der Waals surface area contributed by atoms with Crippen LogP contribution in [-0.2, 0) is 9.59 Å². The van der Waals surface area contributed by atoms with Crippen LogP contribution in [0.25, 0.3) is 0 Å². The second kappa shape index (κ2) is 5.46. The molecule has 0 atom stereocenters. The van der Waals surface area contributed by atoms with E-state index in [-0.39, 0.29) is 17.3 Å². The van der Waals surface area contributed by atoms with E-state index in [2.05, 4.69) is 5.32 Å². The van der Waals surface area contributed by atoms with Gasteiger partial charge in [-0.15, -0.1) is 0 Å². The van der Waals surface area contributed by atoms with Crippen molar-refractivity contribution in [1.82, 2.24) is 9.80 Å². The predicted molar refractivity (Wildman–Crippen MR) is 69.8 cm³/mol. The molecular formula is C12H11ClFN3O3. The van der Waals surface area contributed by atoms with Gasteiger partial charge in [0, 0.05) is 12.1 Å². The molecule has 0 bridgehead atoms. The average molecular weight is 300 g/mol. The van der Waals surface area contributed by atoms with Crippen LogP contribution in [0.1, 0.15) is 0 Å². The molecule has 1 fully saturated rings. The molecule has 8 heteroatoms. The molecule has 1 saturated heterocycles. The number of nitrogens with zero attached hydrogens (tertiary/aromatic N) is 2. The highest BCUT2D eigenvalue weighted by Crippen LogP contribution is 2.19. The molecule has 0 unspecified atom stereocenters. The zero-order valence-corrected chi connectivity index (χ0v) is 11.3. The van der Waals surface area contributed by atoms with Crippen molar-refractivity contribution in [2.45, 2.75) is 0 Å². The van der Waals surface area contributed by atoms with Crippen LogP contribution in [0.4, 0.5) is 14.9 Å². The normalized spacial score (nSPS) is 14.9. The number of hydrogen-bond donors (Lipinski definition) is 1. The fourth-order valence-corrected chi connectivity index (χ4v) is 1.91. The molecule has 0 aromatic heterocycles. The van der Waals surface area contributed by atoms with Crippen molar-refractivity contribution in [2.24, 2.45) is 0 Å². The molecule has 0 spiro atoms. The number of halogens is 2. The molecule has 0 aliphatic carbocycles. The van der Waals surface area contributed by atoms with Gasteiger partial charge in [0.25, 0.3) is 5.91 Å². The van der Waals surface area contributed by atoms with E-state index >= 15 is 0 Å². The minimum atomic E-state index is -0.693. The van der Waals surface area contributed by atoms with E-state index in [1.807, 2.05) is 0 Å². The lowest BCUT2D eigenvalue weighted by molar-refractivity contribution is -0.129. The molecule has 1 N–H and O–H groups in total. The van der Waals surface area contributed by atoms with Gasteiger partial charge in [-0.2, -0.15) is 0 Å². The van der Waals surface area contributed by atoms with Crippen molar-refractivity contribution in [3.8, 4) is 0 Å². The summed E-state index contributed by atoms with van der Waals surface area (Å²) >= 11 is 5.59. The zero-order valence-electron chi connectivity index (χ0n) is 10.5. The molecule has 1 aliphatic rings. The third-order valence-corrected chi connectivity index (χ3v) is 2.97. The van der Waals surface area contributed by atoms with Gasteiger partial charge in [-0.05, 0) is 18.2 Å². The third kappa shape index (κ3) is 2.88. The van der Waals surface area contributed by atoms with E-state index < -0.39 is 30.2 Å². The van der Waals surface area contributed by atoms with Gasteiger partial charge in [-0.25, -0.2) is 9.18 Å². The van der Waals surface area contributed by atoms with E-state index in [4.69, 9.17) is 11.6 Å². The lowest BCUT2D eigenvalue weighted by Crippen LogP contribution is -2.38. The Morgan fingerprint density at radius 3 is 2.70 bits per heavy atom. The molecule has 20 heavy (non-hydrogen) atoms. The topological polar surface area (TPSA) is 69.7 Å². The fraction of sp³-hybridized carbons (Fsp3) is 0.250. The summed E-state index contributed by atoms with van der Waals surface area (Å²) in [6, 6.07) is 3.22. The molecular weight excluding hydrogens is 289 g/mol. The summed E-state index contributed by atoms with van der Waals surface area (Å²) in [6.45, 7) is -0.522. The molecule has 0 saturated carbocycles. The maximum Gasteiger partial charge on any atom is 0.327 e. The molecule has 4 amide bonds. The monoisotopic (exact) mass is 299 g/mol. The largest absolute Gasteiger partial charge is 0.327 e. The van der Waals surface area contributed by atoms with Crippen molar-refractivity contribution in [3.05, 3.63) is 29.0 Å². The summed E-state index contributed by atoms with van der Waals surface area (Å²) in [4.78, 5) is 36.8. The maximum absolute atomic E-state index is 13.5. The summed E-state index contributed by atoms with van der Waals surface area (Å²) in [5.41, 5.74) is -0.0631. The molecule has 106 valence electrons. The van der Waals surface area contributed by atoms with Gasteiger partial charge in [-0.1, -0.05) is 11.6 Å². The van der Waals surface area contributed by atoms with Crippen LogP contribution in [0.3, 0.4) is 0 Å². The highest BCUT2D eigenvalue weighted by molar-refractivity contribution is 6.30. The first-order valence-electron chi connectivity index (χ1n) is 5.69. The van der Waals surface area contributed by atoms with Crippen LogP contribution >= 0.6 is 11.6 Å². The predicted octanol–water partition coefficient (Wildman–Crippen LogP) is 1.31. The number of carbonyl (C=O) groups is 3. The summed E-state index contributed by atoms with van der Waals surface area (Å²) in [6.07, 6.45) is 0. The first-order valence-corrected chi connectivity index (χ1v) is 6.06. The van der Waals surface area contributed by atoms with Crippen molar-refractivity contribution in [2.75, 3.05) is 25.5 Å². The highest BCUT2D eigenvalue weighted by atomic mass is 35.5. The minimum Gasteiger partial charge on any atom is -0.322 e. The number of hydrogen-bond acceptors (Lipinski definition) is 3. The van der Waals surface area contributed by atoms with E-state index in [1.165, 1.54) is 24.1 Å². The quantitative estimate of drug-likeness (QED) is 0.856. The lowest BCUT2D eigenvalue weighted by Gasteiger charge is -2.14. The molecule has 1 heterocycles. The van der Waals surface area contributed by atoms with Crippen molar-refractivity contribution >= 4 is 35.1 Å². The van der Waals surface area contributed by atoms with Crippen LogP contribution in [0.2, 0.25) is 5.02 Å². The molecule has 1 aromatic carbocycles. The van der Waals surface area contributed by atoms with Crippen LogP contribution in [0, 0.1) is 5.82 Å². The highest BCUT2D eigenvalue weighted by Gasteiger charge is 2.34. The Balaban J connectivity index is 2.03. The molecule has 1 aromatic rings. The number of nitrogens with one attached hydrogen (secondary N) is 1. The summed E-state index contributed by atoms with van der Waals surface area (Å²) < 4.78 is 13.5. The summed E-state index contributed by atoms with van der Waals surface area (Å²) in [7, 11) is 1.46. The Labute approximate surface area is 119 Å². The van der Waals surface area contributed by atoms with Crippen LogP contribution < -0.4 is 5.32 Å². The fourth-order valence-electron chi connectivity index (χ4n) is 1.75. The number of anilines is 1. The number of amides is 4. The molecule has 0 radical (unpaired) electrons. The Hall–Kier alpha value is -2.15. The van der Waals surface area contributed by atoms with Crippen LogP contribution in [0.5, 0.6) is 0 Å². The molecule has 6 nitrogen and oxygen atoms in total. The van der Waals surface area contributed by atoms with Crippen molar-refractivity contribution < 1.29 is 18.8 Å². The first kappa shape index (κ1) is 14.3. The molecule has 1 aliphatic heterocycles. The van der Waals surface area contributed by atoms with E-state index in [0.29, 0.717) is 0 Å². The maximum atomic E-state index is 13.5. The van der Waals surface area contributed by atoms with Crippen LogP contribution in [-0.4, -0.2) is 47.8 Å². The standard InChI is InChI=1S/C12H11ClFN3O3/c1-16-6-11(19)17(12(16)20)5-10(18)15-9-3-2-7(13)4-8(9)14/h2-4H,5-6H2,1H3,(H,15,18). The summed E-state index contributed by atoms with van der Waals surface area (Å²) in [5.74, 6) is -1.82.